The topological polar surface area (TPSA) is 8.17 Å². The molecule has 0 radical (unpaired) electrons. The van der Waals surface area contributed by atoms with E-state index in [1.165, 1.54) is 99.8 Å². The molecule has 14 rings (SSSR count). The molecule has 0 fully saturated rings. The Morgan fingerprint density at radius 3 is 1.28 bits per heavy atom. The molecule has 2 nitrogen and oxygen atoms in total. The van der Waals surface area contributed by atoms with Gasteiger partial charge in [0.05, 0.1) is 22.1 Å². The Hall–Kier alpha value is -9.76. The highest BCUT2D eigenvalue weighted by molar-refractivity contribution is 6.10. The van der Waals surface area contributed by atoms with Crippen LogP contribution in [0, 0.1) is 0 Å². The maximum atomic E-state index is 2.47. The molecule has 12 aromatic carbocycles. The lowest BCUT2D eigenvalue weighted by atomic mass is 9.67. The zero-order valence-electron chi connectivity index (χ0n) is 45.9. The molecule has 1 heterocycles. The quantitative estimate of drug-likeness (QED) is 0.105. The Kier molecular flexibility index (Phi) is 12.9. The van der Waals surface area contributed by atoms with Crippen LogP contribution in [-0.2, 0) is 18.3 Å². The molecule has 0 bridgehead atoms. The maximum absolute atomic E-state index is 2.47. The summed E-state index contributed by atoms with van der Waals surface area (Å²) in [6, 6.07) is 108. The zero-order chi connectivity index (χ0) is 54.3. The highest BCUT2D eigenvalue weighted by Gasteiger charge is 2.46. The standard InChI is InChI=1S/C79H62N2/c1-3-18-55-30-50-77-72(52-55)73-53-56(19-4-2)31-51-78(73)81(77)67-46-42-62(43-47-67)60-34-32-59(33-35-60)61-40-44-66(45-41-61)80(76-29-17-15-26-69(76)63-38-36-58(37-39-63)57-20-8-5-9-21-57)68-48-49-71-70-27-14-16-28-74(70)79(75(71)54-68,64-22-10-6-11-23-64)65-24-12-7-13-25-65/h5-17,20-54H,3-4,18-19H2,1-2H3. The summed E-state index contributed by atoms with van der Waals surface area (Å²) in [4.78, 5) is 2.47. The van der Waals surface area contributed by atoms with Crippen molar-refractivity contribution >= 4 is 38.9 Å². The van der Waals surface area contributed by atoms with Crippen LogP contribution in [0.1, 0.15) is 60.1 Å². The third-order valence-corrected chi connectivity index (χ3v) is 16.9. The molecule has 0 spiro atoms. The Labute approximate surface area is 476 Å². The summed E-state index contributed by atoms with van der Waals surface area (Å²) in [5.41, 5.74) is 26.3. The van der Waals surface area contributed by atoms with Crippen LogP contribution in [0.3, 0.4) is 0 Å². The summed E-state index contributed by atoms with van der Waals surface area (Å²) in [6.07, 6.45) is 4.46. The highest BCUT2D eigenvalue weighted by Crippen LogP contribution is 2.57. The summed E-state index contributed by atoms with van der Waals surface area (Å²) >= 11 is 0. The summed E-state index contributed by atoms with van der Waals surface area (Å²) in [7, 11) is 0. The first-order valence-corrected chi connectivity index (χ1v) is 28.8. The van der Waals surface area contributed by atoms with Gasteiger partial charge >= 0.3 is 0 Å². The van der Waals surface area contributed by atoms with Gasteiger partial charge in [0.2, 0.25) is 0 Å². The van der Waals surface area contributed by atoms with Crippen LogP contribution >= 0.6 is 0 Å². The van der Waals surface area contributed by atoms with Crippen molar-refractivity contribution in [2.24, 2.45) is 0 Å². The largest absolute Gasteiger partial charge is 0.310 e. The molecule has 2 heteroatoms. The van der Waals surface area contributed by atoms with E-state index in [-0.39, 0.29) is 0 Å². The first-order valence-electron chi connectivity index (χ1n) is 28.8. The van der Waals surface area contributed by atoms with E-state index in [1.54, 1.807) is 0 Å². The minimum atomic E-state index is -0.537. The highest BCUT2D eigenvalue weighted by atomic mass is 15.1. The number of rotatable bonds is 14. The Bertz CT molecular complexity index is 4260. The van der Waals surface area contributed by atoms with E-state index in [0.717, 1.165) is 59.4 Å². The minimum absolute atomic E-state index is 0.537. The monoisotopic (exact) mass is 1040 g/mol. The van der Waals surface area contributed by atoms with Gasteiger partial charge in [-0.25, -0.2) is 0 Å². The summed E-state index contributed by atoms with van der Waals surface area (Å²) in [6.45, 7) is 4.52. The fraction of sp³-hybridized carbons (Fsp3) is 0.0886. The van der Waals surface area contributed by atoms with Crippen molar-refractivity contribution in [3.8, 4) is 61.3 Å². The van der Waals surface area contributed by atoms with Crippen LogP contribution in [0.4, 0.5) is 17.1 Å². The molecule has 0 saturated heterocycles. The Morgan fingerprint density at radius 1 is 0.321 bits per heavy atom. The van der Waals surface area contributed by atoms with Gasteiger partial charge in [0, 0.05) is 33.4 Å². The van der Waals surface area contributed by atoms with Gasteiger partial charge in [-0.1, -0.05) is 251 Å². The third kappa shape index (κ3) is 8.76. The number of benzene rings is 12. The molecule has 0 unspecified atom stereocenters. The van der Waals surface area contributed by atoms with Gasteiger partial charge < -0.3 is 9.47 Å². The van der Waals surface area contributed by atoms with Crippen molar-refractivity contribution in [3.63, 3.8) is 0 Å². The predicted molar refractivity (Wildman–Crippen MR) is 343 cm³/mol. The number of aryl methyl sites for hydroxylation is 2. The van der Waals surface area contributed by atoms with Crippen LogP contribution in [0.5, 0.6) is 0 Å². The van der Waals surface area contributed by atoms with Crippen molar-refractivity contribution in [1.29, 1.82) is 0 Å². The molecule has 1 aliphatic carbocycles. The molecule has 0 saturated carbocycles. The van der Waals surface area contributed by atoms with E-state index in [9.17, 15) is 0 Å². The van der Waals surface area contributed by atoms with Gasteiger partial charge in [0.1, 0.15) is 0 Å². The molecule has 0 N–H and O–H groups in total. The number of hydrogen-bond acceptors (Lipinski definition) is 1. The molecule has 388 valence electrons. The summed E-state index contributed by atoms with van der Waals surface area (Å²) < 4.78 is 2.45. The number of aromatic nitrogens is 1. The van der Waals surface area contributed by atoms with Crippen LogP contribution < -0.4 is 4.90 Å². The second-order valence-corrected chi connectivity index (χ2v) is 21.8. The van der Waals surface area contributed by atoms with E-state index in [1.807, 2.05) is 0 Å². The lowest BCUT2D eigenvalue weighted by Gasteiger charge is -2.35. The Morgan fingerprint density at radius 2 is 0.741 bits per heavy atom. The molecule has 13 aromatic rings. The lowest BCUT2D eigenvalue weighted by molar-refractivity contribution is 0.768. The molecular formula is C79H62N2. The molecule has 0 amide bonds. The normalized spacial score (nSPS) is 12.4. The zero-order valence-corrected chi connectivity index (χ0v) is 45.9. The maximum Gasteiger partial charge on any atom is 0.0714 e. The van der Waals surface area contributed by atoms with Crippen molar-refractivity contribution in [1.82, 2.24) is 4.57 Å². The van der Waals surface area contributed by atoms with Crippen molar-refractivity contribution in [3.05, 3.63) is 325 Å². The van der Waals surface area contributed by atoms with E-state index in [2.05, 4.69) is 315 Å². The second kappa shape index (κ2) is 21.1. The smallest absolute Gasteiger partial charge is 0.0714 e. The fourth-order valence-electron chi connectivity index (χ4n) is 13.1. The minimum Gasteiger partial charge on any atom is -0.310 e. The summed E-state index contributed by atoms with van der Waals surface area (Å²) in [5.74, 6) is 0. The molecular weight excluding hydrogens is 977 g/mol. The van der Waals surface area contributed by atoms with Gasteiger partial charge in [-0.2, -0.15) is 0 Å². The van der Waals surface area contributed by atoms with Gasteiger partial charge in [0.15, 0.2) is 0 Å². The average molecular weight is 1040 g/mol. The van der Waals surface area contributed by atoms with Crippen molar-refractivity contribution in [2.75, 3.05) is 4.90 Å². The Balaban J connectivity index is 0.835. The van der Waals surface area contributed by atoms with Gasteiger partial charge in [0.25, 0.3) is 0 Å². The number of nitrogens with zero attached hydrogens (tertiary/aromatic N) is 2. The first kappa shape index (κ1) is 49.5. The predicted octanol–water partition coefficient (Wildman–Crippen LogP) is 21.2. The second-order valence-electron chi connectivity index (χ2n) is 21.8. The molecule has 1 aromatic heterocycles. The van der Waals surface area contributed by atoms with Crippen LogP contribution in [0.15, 0.2) is 291 Å². The number of hydrogen-bond donors (Lipinski definition) is 0. The third-order valence-electron chi connectivity index (χ3n) is 16.9. The van der Waals surface area contributed by atoms with E-state index in [4.69, 9.17) is 0 Å². The molecule has 81 heavy (non-hydrogen) atoms. The number of fused-ring (bicyclic) bond motifs is 6. The molecule has 1 aliphatic rings. The summed E-state index contributed by atoms with van der Waals surface area (Å²) in [5, 5.41) is 2.68. The van der Waals surface area contributed by atoms with Gasteiger partial charge in [-0.3, -0.25) is 0 Å². The van der Waals surface area contributed by atoms with E-state index >= 15 is 0 Å². The number of para-hydroxylation sites is 1. The van der Waals surface area contributed by atoms with Gasteiger partial charge in [-0.05, 0) is 163 Å². The van der Waals surface area contributed by atoms with Crippen molar-refractivity contribution < 1.29 is 0 Å². The molecule has 0 atom stereocenters. The van der Waals surface area contributed by atoms with Crippen LogP contribution in [0.2, 0.25) is 0 Å². The average Bonchev–Trinajstić information content (AvgIpc) is 2.47. The van der Waals surface area contributed by atoms with Crippen LogP contribution in [-0.4, -0.2) is 4.57 Å². The van der Waals surface area contributed by atoms with E-state index < -0.39 is 5.41 Å². The van der Waals surface area contributed by atoms with Crippen LogP contribution in [0.25, 0.3) is 83.1 Å². The van der Waals surface area contributed by atoms with E-state index in [0.29, 0.717) is 0 Å². The fourth-order valence-corrected chi connectivity index (χ4v) is 13.1. The first-order chi connectivity index (χ1) is 40.1. The number of anilines is 3. The SMILES string of the molecule is CCCc1ccc2c(c1)c1cc(CCC)ccc1n2-c1ccc(-c2ccc(-c3ccc(N(c4ccc5c(c4)C(c4ccccc4)(c4ccccc4)c4ccccc4-5)c4ccccc4-c4ccc(-c5ccccc5)cc4)cc3)cc2)cc1. The van der Waals surface area contributed by atoms with Gasteiger partial charge in [-0.15, -0.1) is 0 Å². The van der Waals surface area contributed by atoms with Crippen molar-refractivity contribution in [2.45, 2.75) is 44.9 Å². The molecule has 0 aliphatic heterocycles. The lowest BCUT2D eigenvalue weighted by Crippen LogP contribution is -2.28.